The highest BCUT2D eigenvalue weighted by molar-refractivity contribution is 7.72. The van der Waals surface area contributed by atoms with Crippen LogP contribution in [0.5, 0.6) is 5.75 Å². The van der Waals surface area contributed by atoms with Crippen molar-refractivity contribution in [3.63, 3.8) is 0 Å². The SMILES string of the molecule is Cc1cc(/C=N/n2c(=S)[nH][nH]c2=S)c(O)c(/C=N/n2c(=S)[nH][nH]c2=S)c1. The summed E-state index contributed by atoms with van der Waals surface area (Å²) in [6.45, 7) is 1.89. The van der Waals surface area contributed by atoms with Gasteiger partial charge in [0, 0.05) is 11.1 Å². The van der Waals surface area contributed by atoms with Gasteiger partial charge < -0.3 is 5.11 Å². The number of rotatable bonds is 4. The molecule has 3 rings (SSSR count). The minimum atomic E-state index is -0.00277. The molecular formula is C13H12N8OS4. The van der Waals surface area contributed by atoms with Gasteiger partial charge in [-0.2, -0.15) is 19.6 Å². The first-order chi connectivity index (χ1) is 12.4. The molecule has 26 heavy (non-hydrogen) atoms. The molecule has 0 unspecified atom stereocenters. The van der Waals surface area contributed by atoms with Gasteiger partial charge in [0.2, 0.25) is 19.1 Å². The number of aromatic hydroxyl groups is 1. The number of hydrogen-bond donors (Lipinski definition) is 5. The number of aromatic nitrogens is 6. The number of phenolic OH excluding ortho intramolecular Hbond substituents is 1. The van der Waals surface area contributed by atoms with E-state index in [0.717, 1.165) is 5.56 Å². The Morgan fingerprint density at radius 1 is 0.808 bits per heavy atom. The minimum Gasteiger partial charge on any atom is -0.507 e. The second-order valence-electron chi connectivity index (χ2n) is 5.13. The lowest BCUT2D eigenvalue weighted by atomic mass is 10.1. The molecule has 0 fully saturated rings. The predicted octanol–water partition coefficient (Wildman–Crippen LogP) is 3.30. The molecule has 0 aliphatic rings. The van der Waals surface area contributed by atoms with Crippen molar-refractivity contribution in [3.8, 4) is 5.75 Å². The third-order valence-corrected chi connectivity index (χ3v) is 4.36. The number of H-pyrrole nitrogens is 4. The summed E-state index contributed by atoms with van der Waals surface area (Å²) in [4.78, 5) is 0. The maximum atomic E-state index is 10.5. The van der Waals surface area contributed by atoms with Crippen LogP contribution in [0.4, 0.5) is 0 Å². The van der Waals surface area contributed by atoms with Gasteiger partial charge in [-0.05, 0) is 73.5 Å². The zero-order valence-corrected chi connectivity index (χ0v) is 16.4. The van der Waals surface area contributed by atoms with Crippen LogP contribution in [0.2, 0.25) is 0 Å². The molecule has 5 N–H and O–H groups in total. The van der Waals surface area contributed by atoms with Crippen LogP contribution < -0.4 is 0 Å². The molecule has 0 atom stereocenters. The second-order valence-corrected chi connectivity index (χ2v) is 6.67. The average Bonchev–Trinajstić information content (AvgIpc) is 3.09. The van der Waals surface area contributed by atoms with E-state index in [1.165, 1.54) is 21.8 Å². The second kappa shape index (κ2) is 7.41. The monoisotopic (exact) mass is 424 g/mol. The quantitative estimate of drug-likeness (QED) is 0.325. The number of benzene rings is 1. The van der Waals surface area contributed by atoms with Gasteiger partial charge in [-0.25, -0.2) is 0 Å². The van der Waals surface area contributed by atoms with Crippen molar-refractivity contribution in [3.05, 3.63) is 47.9 Å². The van der Waals surface area contributed by atoms with Gasteiger partial charge in [0.05, 0.1) is 12.4 Å². The van der Waals surface area contributed by atoms with E-state index in [1.54, 1.807) is 12.1 Å². The molecule has 0 aliphatic heterocycles. The smallest absolute Gasteiger partial charge is 0.215 e. The van der Waals surface area contributed by atoms with Crippen molar-refractivity contribution >= 4 is 61.3 Å². The van der Waals surface area contributed by atoms with Gasteiger partial charge in [-0.1, -0.05) is 0 Å². The first kappa shape index (κ1) is 18.3. The molecule has 0 amide bonds. The van der Waals surface area contributed by atoms with E-state index in [-0.39, 0.29) is 5.75 Å². The van der Waals surface area contributed by atoms with Gasteiger partial charge in [0.1, 0.15) is 5.75 Å². The summed E-state index contributed by atoms with van der Waals surface area (Å²) in [5.41, 5.74) is 1.86. The fraction of sp³-hybridized carbons (Fsp3) is 0.0769. The van der Waals surface area contributed by atoms with Crippen molar-refractivity contribution in [1.29, 1.82) is 0 Å². The summed E-state index contributed by atoms with van der Waals surface area (Å²) in [7, 11) is 0. The molecule has 1 aromatic carbocycles. The summed E-state index contributed by atoms with van der Waals surface area (Å²) in [5, 5.41) is 29.6. The maximum absolute atomic E-state index is 10.5. The summed E-state index contributed by atoms with van der Waals surface area (Å²) in [6, 6.07) is 3.54. The summed E-state index contributed by atoms with van der Waals surface area (Å²) >= 11 is 20.3. The molecule has 0 radical (unpaired) electrons. The van der Waals surface area contributed by atoms with Crippen LogP contribution in [0.3, 0.4) is 0 Å². The van der Waals surface area contributed by atoms with E-state index in [0.29, 0.717) is 30.2 Å². The fourth-order valence-electron chi connectivity index (χ4n) is 2.09. The van der Waals surface area contributed by atoms with E-state index >= 15 is 0 Å². The topological polar surface area (TPSA) is 118 Å². The molecule has 134 valence electrons. The van der Waals surface area contributed by atoms with Crippen molar-refractivity contribution in [1.82, 2.24) is 29.7 Å². The molecule has 0 bridgehead atoms. The van der Waals surface area contributed by atoms with Crippen LogP contribution in [0.15, 0.2) is 22.3 Å². The Kier molecular flexibility index (Phi) is 5.22. The predicted molar refractivity (Wildman–Crippen MR) is 108 cm³/mol. The molecule has 2 heterocycles. The standard InChI is InChI=1S/C13H12N8OS4/c1-6-2-7(4-14-20-10(23)16-17-11(20)24)9(22)8(3-6)5-15-21-12(25)18-19-13(21)26/h2-5,22H,1H3,(H,16,23)(H,17,24)(H,18,25)(H,19,26)/b14-4+,15-5+. The Balaban J connectivity index is 2.02. The summed E-state index contributed by atoms with van der Waals surface area (Å²) in [6.07, 6.45) is 2.92. The van der Waals surface area contributed by atoms with Gasteiger partial charge in [0.15, 0.2) is 0 Å². The lowest BCUT2D eigenvalue weighted by Crippen LogP contribution is -1.96. The number of aromatic amines is 4. The molecule has 2 aromatic heterocycles. The molecular weight excluding hydrogens is 412 g/mol. The van der Waals surface area contributed by atoms with Crippen LogP contribution in [0.1, 0.15) is 16.7 Å². The highest BCUT2D eigenvalue weighted by Crippen LogP contribution is 2.22. The van der Waals surface area contributed by atoms with Crippen LogP contribution in [0, 0.1) is 26.0 Å². The highest BCUT2D eigenvalue weighted by Gasteiger charge is 2.07. The average molecular weight is 425 g/mol. The van der Waals surface area contributed by atoms with Crippen LogP contribution in [-0.4, -0.2) is 47.3 Å². The Morgan fingerprint density at radius 3 is 1.50 bits per heavy atom. The Hall–Kier alpha value is -2.48. The molecule has 0 saturated carbocycles. The van der Waals surface area contributed by atoms with Gasteiger partial charge in [-0.3, -0.25) is 20.4 Å². The Bertz CT molecular complexity index is 1100. The fourth-order valence-corrected chi connectivity index (χ4v) is 2.97. The zero-order valence-electron chi connectivity index (χ0n) is 13.2. The summed E-state index contributed by atoms with van der Waals surface area (Å²) < 4.78 is 3.93. The summed E-state index contributed by atoms with van der Waals surface area (Å²) in [5.74, 6) is -0.00277. The third-order valence-electron chi connectivity index (χ3n) is 3.26. The van der Waals surface area contributed by atoms with Crippen LogP contribution >= 0.6 is 48.9 Å². The number of hydrogen-bond acceptors (Lipinski definition) is 7. The highest BCUT2D eigenvalue weighted by atomic mass is 32.1. The zero-order chi connectivity index (χ0) is 18.8. The third kappa shape index (κ3) is 3.70. The Morgan fingerprint density at radius 2 is 1.15 bits per heavy atom. The molecule has 13 heteroatoms. The number of nitrogens with zero attached hydrogens (tertiary/aromatic N) is 4. The molecule has 9 nitrogen and oxygen atoms in total. The minimum absolute atomic E-state index is 0.00277. The van der Waals surface area contributed by atoms with Crippen LogP contribution in [-0.2, 0) is 0 Å². The van der Waals surface area contributed by atoms with Gasteiger partial charge in [-0.15, -0.1) is 0 Å². The lowest BCUT2D eigenvalue weighted by Gasteiger charge is -2.05. The normalized spacial score (nSPS) is 11.7. The van der Waals surface area contributed by atoms with E-state index < -0.39 is 0 Å². The van der Waals surface area contributed by atoms with Crippen molar-refractivity contribution in [2.24, 2.45) is 10.2 Å². The molecule has 0 spiro atoms. The van der Waals surface area contributed by atoms with Gasteiger partial charge >= 0.3 is 0 Å². The van der Waals surface area contributed by atoms with Crippen molar-refractivity contribution in [2.45, 2.75) is 6.92 Å². The lowest BCUT2D eigenvalue weighted by molar-refractivity contribution is 0.473. The number of nitrogens with one attached hydrogen (secondary N) is 4. The molecule has 0 aliphatic carbocycles. The first-order valence-electron chi connectivity index (χ1n) is 7.08. The molecule has 0 saturated heterocycles. The van der Waals surface area contributed by atoms with E-state index in [9.17, 15) is 5.11 Å². The largest absolute Gasteiger partial charge is 0.507 e. The maximum Gasteiger partial charge on any atom is 0.215 e. The van der Waals surface area contributed by atoms with Crippen molar-refractivity contribution < 1.29 is 5.11 Å². The first-order valence-corrected chi connectivity index (χ1v) is 8.72. The number of aryl methyl sites for hydroxylation is 1. The Labute approximate surface area is 166 Å². The van der Waals surface area contributed by atoms with Crippen molar-refractivity contribution in [2.75, 3.05) is 0 Å². The van der Waals surface area contributed by atoms with E-state index in [1.807, 2.05) is 6.92 Å². The van der Waals surface area contributed by atoms with E-state index in [4.69, 9.17) is 48.9 Å². The van der Waals surface area contributed by atoms with Gasteiger partial charge in [0.25, 0.3) is 0 Å². The van der Waals surface area contributed by atoms with E-state index in [2.05, 4.69) is 30.6 Å². The molecule has 3 aromatic rings. The van der Waals surface area contributed by atoms with Crippen LogP contribution in [0.25, 0.3) is 0 Å². The number of phenols is 1.